The maximum atomic E-state index is 11.1. The van der Waals surface area contributed by atoms with Crippen molar-refractivity contribution in [3.63, 3.8) is 0 Å². The van der Waals surface area contributed by atoms with Gasteiger partial charge in [-0.1, -0.05) is 32.0 Å². The third-order valence-corrected chi connectivity index (χ3v) is 1.51. The Morgan fingerprint density at radius 2 is 1.85 bits per heavy atom. The van der Waals surface area contributed by atoms with Gasteiger partial charge < -0.3 is 0 Å². The van der Waals surface area contributed by atoms with E-state index in [-0.39, 0.29) is 11.8 Å². The zero-order chi connectivity index (χ0) is 9.68. The molecule has 0 aliphatic rings. The van der Waals surface area contributed by atoms with Gasteiger partial charge in [0.2, 0.25) is 0 Å². The van der Waals surface area contributed by atoms with Crippen molar-refractivity contribution in [1.82, 2.24) is 0 Å². The van der Waals surface area contributed by atoms with E-state index in [1.54, 1.807) is 26.0 Å². The highest BCUT2D eigenvalue weighted by atomic mass is 16.1. The number of carbonyl (C=O) groups excluding carboxylic acids is 1. The summed E-state index contributed by atoms with van der Waals surface area (Å²) in [6.45, 7) is 3.60. The number of carbonyl (C=O) groups is 1. The van der Waals surface area contributed by atoms with Crippen LogP contribution < -0.4 is 0 Å². The van der Waals surface area contributed by atoms with Gasteiger partial charge >= 0.3 is 0 Å². The van der Waals surface area contributed by atoms with Gasteiger partial charge in [-0.2, -0.15) is 0 Å². The fourth-order valence-corrected chi connectivity index (χ4v) is 0.717. The molecular formula is C10H12N2O. The van der Waals surface area contributed by atoms with Crippen molar-refractivity contribution in [3.05, 3.63) is 30.3 Å². The first-order chi connectivity index (χ1) is 6.20. The number of rotatable bonds is 2. The largest absolute Gasteiger partial charge is 0.271 e. The zero-order valence-electron chi connectivity index (χ0n) is 7.77. The summed E-state index contributed by atoms with van der Waals surface area (Å²) in [5.41, 5.74) is 0.705. The SMILES string of the molecule is CC(C)C(=O)N=Nc1ccccc1. The summed E-state index contributed by atoms with van der Waals surface area (Å²) in [7, 11) is 0. The van der Waals surface area contributed by atoms with E-state index < -0.39 is 0 Å². The lowest BCUT2D eigenvalue weighted by Gasteiger charge is -1.94. The van der Waals surface area contributed by atoms with Crippen LogP contribution in [0, 0.1) is 5.92 Å². The highest BCUT2D eigenvalue weighted by Crippen LogP contribution is 2.10. The first-order valence-corrected chi connectivity index (χ1v) is 4.21. The molecule has 3 heteroatoms. The summed E-state index contributed by atoms with van der Waals surface area (Å²) < 4.78 is 0. The molecule has 0 aliphatic heterocycles. The zero-order valence-corrected chi connectivity index (χ0v) is 7.77. The molecule has 1 aromatic rings. The number of hydrogen-bond acceptors (Lipinski definition) is 2. The molecule has 0 saturated heterocycles. The molecule has 1 amide bonds. The molecule has 3 nitrogen and oxygen atoms in total. The summed E-state index contributed by atoms with van der Waals surface area (Å²) in [5.74, 6) is -0.281. The standard InChI is InChI=1S/C10H12N2O/c1-8(2)10(13)12-11-9-6-4-3-5-7-9/h3-8H,1-2H3. The molecule has 0 aliphatic carbocycles. The van der Waals surface area contributed by atoms with Crippen LogP contribution in [0.5, 0.6) is 0 Å². The Balaban J connectivity index is 2.64. The van der Waals surface area contributed by atoms with E-state index in [0.29, 0.717) is 5.69 Å². The molecule has 0 spiro atoms. The number of benzene rings is 1. The van der Waals surface area contributed by atoms with Crippen LogP contribution >= 0.6 is 0 Å². The minimum Gasteiger partial charge on any atom is -0.271 e. The molecule has 13 heavy (non-hydrogen) atoms. The number of azo groups is 1. The minimum atomic E-state index is -0.191. The van der Waals surface area contributed by atoms with Crippen molar-refractivity contribution in [2.45, 2.75) is 13.8 Å². The van der Waals surface area contributed by atoms with Crippen molar-refractivity contribution >= 4 is 11.6 Å². The van der Waals surface area contributed by atoms with Crippen molar-refractivity contribution in [1.29, 1.82) is 0 Å². The van der Waals surface area contributed by atoms with Crippen molar-refractivity contribution in [2.75, 3.05) is 0 Å². The third kappa shape index (κ3) is 3.15. The lowest BCUT2D eigenvalue weighted by molar-refractivity contribution is -0.121. The second kappa shape index (κ2) is 4.50. The molecule has 1 aromatic carbocycles. The van der Waals surface area contributed by atoms with Gasteiger partial charge in [-0.05, 0) is 12.1 Å². The first-order valence-electron chi connectivity index (χ1n) is 4.21. The molecule has 1 rings (SSSR count). The van der Waals surface area contributed by atoms with Crippen LogP contribution in [0.4, 0.5) is 5.69 Å². The molecule has 68 valence electrons. The van der Waals surface area contributed by atoms with Crippen molar-refractivity contribution in [3.8, 4) is 0 Å². The van der Waals surface area contributed by atoms with Gasteiger partial charge in [0.15, 0.2) is 0 Å². The van der Waals surface area contributed by atoms with Crippen LogP contribution in [0.1, 0.15) is 13.8 Å². The van der Waals surface area contributed by atoms with E-state index in [2.05, 4.69) is 10.2 Å². The third-order valence-electron chi connectivity index (χ3n) is 1.51. The predicted molar refractivity (Wildman–Crippen MR) is 50.8 cm³/mol. The van der Waals surface area contributed by atoms with Gasteiger partial charge in [0.1, 0.15) is 0 Å². The Hall–Kier alpha value is -1.51. The summed E-state index contributed by atoms with van der Waals surface area (Å²) in [5, 5.41) is 7.38. The summed E-state index contributed by atoms with van der Waals surface area (Å²) in [6, 6.07) is 9.21. The number of amides is 1. The van der Waals surface area contributed by atoms with Gasteiger partial charge in [0, 0.05) is 5.92 Å². The Morgan fingerprint density at radius 1 is 1.23 bits per heavy atom. The summed E-state index contributed by atoms with van der Waals surface area (Å²) >= 11 is 0. The number of hydrogen-bond donors (Lipinski definition) is 0. The molecule has 0 heterocycles. The average molecular weight is 176 g/mol. The smallest absolute Gasteiger partial charge is 0.267 e. The minimum absolute atomic E-state index is 0.0903. The number of nitrogens with zero attached hydrogens (tertiary/aromatic N) is 2. The van der Waals surface area contributed by atoms with Crippen LogP contribution in [0.25, 0.3) is 0 Å². The Kier molecular flexibility index (Phi) is 3.31. The van der Waals surface area contributed by atoms with Crippen molar-refractivity contribution in [2.24, 2.45) is 16.1 Å². The summed E-state index contributed by atoms with van der Waals surface area (Å²) in [4.78, 5) is 11.1. The maximum Gasteiger partial charge on any atom is 0.267 e. The lowest BCUT2D eigenvalue weighted by Crippen LogP contribution is -2.01. The van der Waals surface area contributed by atoms with Gasteiger partial charge in [-0.3, -0.25) is 4.79 Å². The van der Waals surface area contributed by atoms with Crippen molar-refractivity contribution < 1.29 is 4.79 Å². The van der Waals surface area contributed by atoms with E-state index in [0.717, 1.165) is 0 Å². The molecule has 0 radical (unpaired) electrons. The Morgan fingerprint density at radius 3 is 2.38 bits per heavy atom. The Labute approximate surface area is 77.5 Å². The van der Waals surface area contributed by atoms with E-state index in [1.165, 1.54) is 0 Å². The molecule has 0 unspecified atom stereocenters. The van der Waals surface area contributed by atoms with E-state index >= 15 is 0 Å². The van der Waals surface area contributed by atoms with Gasteiger partial charge in [0.25, 0.3) is 5.91 Å². The van der Waals surface area contributed by atoms with E-state index in [1.807, 2.05) is 18.2 Å². The van der Waals surface area contributed by atoms with Crippen LogP contribution in [0.3, 0.4) is 0 Å². The van der Waals surface area contributed by atoms with E-state index in [4.69, 9.17) is 0 Å². The van der Waals surface area contributed by atoms with Crippen LogP contribution in [0.2, 0.25) is 0 Å². The van der Waals surface area contributed by atoms with Crippen LogP contribution in [-0.2, 0) is 4.79 Å². The topological polar surface area (TPSA) is 41.8 Å². The fourth-order valence-electron chi connectivity index (χ4n) is 0.717. The monoisotopic (exact) mass is 176 g/mol. The van der Waals surface area contributed by atoms with Gasteiger partial charge in [0.05, 0.1) is 5.69 Å². The molecule has 0 bridgehead atoms. The van der Waals surface area contributed by atoms with Crippen LogP contribution in [-0.4, -0.2) is 5.91 Å². The highest BCUT2D eigenvalue weighted by Gasteiger charge is 2.03. The van der Waals surface area contributed by atoms with Crippen LogP contribution in [0.15, 0.2) is 40.6 Å². The lowest BCUT2D eigenvalue weighted by atomic mass is 10.2. The second-order valence-corrected chi connectivity index (χ2v) is 3.03. The normalized spacial score (nSPS) is 11.0. The molecule has 0 saturated carbocycles. The molecular weight excluding hydrogens is 164 g/mol. The fraction of sp³-hybridized carbons (Fsp3) is 0.300. The molecule has 0 atom stereocenters. The molecule has 0 N–H and O–H groups in total. The average Bonchev–Trinajstić information content (AvgIpc) is 2.15. The highest BCUT2D eigenvalue weighted by molar-refractivity contribution is 5.78. The first kappa shape index (κ1) is 9.58. The molecule has 0 aromatic heterocycles. The Bertz CT molecular complexity index is 304. The predicted octanol–water partition coefficient (Wildman–Crippen LogP) is 2.95. The molecule has 0 fully saturated rings. The van der Waals surface area contributed by atoms with E-state index in [9.17, 15) is 4.79 Å². The van der Waals surface area contributed by atoms with Gasteiger partial charge in [-0.15, -0.1) is 10.2 Å². The quantitative estimate of drug-likeness (QED) is 0.639. The maximum absolute atomic E-state index is 11.1. The summed E-state index contributed by atoms with van der Waals surface area (Å²) in [6.07, 6.45) is 0. The second-order valence-electron chi connectivity index (χ2n) is 3.03. The van der Waals surface area contributed by atoms with Gasteiger partial charge in [-0.25, -0.2) is 0 Å².